The summed E-state index contributed by atoms with van der Waals surface area (Å²) in [7, 11) is 0. The number of benzene rings is 1. The first-order valence-electron chi connectivity index (χ1n) is 5.15. The smallest absolute Gasteiger partial charge is 0.123 e. The molecule has 3 nitrogen and oxygen atoms in total. The van der Waals surface area contributed by atoms with Gasteiger partial charge in [-0.2, -0.15) is 0 Å². The van der Waals surface area contributed by atoms with Crippen LogP contribution in [-0.2, 0) is 0 Å². The van der Waals surface area contributed by atoms with Gasteiger partial charge >= 0.3 is 0 Å². The summed E-state index contributed by atoms with van der Waals surface area (Å²) in [5.74, 6) is 0.585. The van der Waals surface area contributed by atoms with Crippen molar-refractivity contribution in [2.45, 2.75) is 19.9 Å². The number of aryl methyl sites for hydroxylation is 1. The Balaban J connectivity index is 2.61. The number of halogens is 1. The van der Waals surface area contributed by atoms with Crippen LogP contribution in [0.25, 0.3) is 5.69 Å². The van der Waals surface area contributed by atoms with Crippen molar-refractivity contribution in [1.29, 1.82) is 0 Å². The van der Waals surface area contributed by atoms with Crippen molar-refractivity contribution in [3.05, 3.63) is 47.8 Å². The number of nitrogens with zero attached hydrogens (tertiary/aromatic N) is 2. The molecule has 0 amide bonds. The molecule has 0 aliphatic rings. The minimum absolute atomic E-state index is 0.215. The highest BCUT2D eigenvalue weighted by molar-refractivity contribution is 5.44. The van der Waals surface area contributed by atoms with Crippen LogP contribution in [0, 0.1) is 12.7 Å². The van der Waals surface area contributed by atoms with Gasteiger partial charge in [-0.1, -0.05) is 0 Å². The van der Waals surface area contributed by atoms with E-state index < -0.39 is 0 Å². The summed E-state index contributed by atoms with van der Waals surface area (Å²) in [4.78, 5) is 4.14. The molecular weight excluding hydrogens is 205 g/mol. The molecular formula is C12H14FN3. The first-order chi connectivity index (χ1) is 7.59. The van der Waals surface area contributed by atoms with E-state index in [1.807, 2.05) is 24.6 Å². The lowest BCUT2D eigenvalue weighted by Crippen LogP contribution is -2.10. The van der Waals surface area contributed by atoms with Crippen molar-refractivity contribution < 1.29 is 4.39 Å². The highest BCUT2D eigenvalue weighted by Crippen LogP contribution is 2.22. The molecule has 4 heteroatoms. The van der Waals surface area contributed by atoms with Crippen LogP contribution < -0.4 is 5.73 Å². The quantitative estimate of drug-likeness (QED) is 0.842. The maximum absolute atomic E-state index is 13.2. The fraction of sp³-hybridized carbons (Fsp3) is 0.250. The lowest BCUT2D eigenvalue weighted by molar-refractivity contribution is 0.621. The lowest BCUT2D eigenvalue weighted by Gasteiger charge is -2.14. The fourth-order valence-corrected chi connectivity index (χ4v) is 1.74. The average molecular weight is 219 g/mol. The molecule has 0 aliphatic heterocycles. The van der Waals surface area contributed by atoms with Gasteiger partial charge in [0, 0.05) is 18.4 Å². The third kappa shape index (κ3) is 1.84. The second-order valence-corrected chi connectivity index (χ2v) is 3.84. The van der Waals surface area contributed by atoms with E-state index in [1.165, 1.54) is 12.1 Å². The number of imidazole rings is 1. The van der Waals surface area contributed by atoms with E-state index in [4.69, 9.17) is 5.73 Å². The van der Waals surface area contributed by atoms with Gasteiger partial charge < -0.3 is 10.3 Å². The third-order valence-electron chi connectivity index (χ3n) is 2.57. The van der Waals surface area contributed by atoms with Crippen molar-refractivity contribution in [2.24, 2.45) is 5.73 Å². The molecule has 2 aromatic rings. The molecule has 0 saturated heterocycles. The standard InChI is InChI=1S/C12H14FN3/c1-8(14)11-7-10(13)3-4-12(11)16-6-5-15-9(16)2/h3-8H,14H2,1-2H3. The summed E-state index contributed by atoms with van der Waals surface area (Å²) >= 11 is 0. The summed E-state index contributed by atoms with van der Waals surface area (Å²) < 4.78 is 15.1. The van der Waals surface area contributed by atoms with Crippen LogP contribution >= 0.6 is 0 Å². The van der Waals surface area contributed by atoms with Gasteiger partial charge in [0.2, 0.25) is 0 Å². The molecule has 2 rings (SSSR count). The van der Waals surface area contributed by atoms with Crippen molar-refractivity contribution in [1.82, 2.24) is 9.55 Å². The van der Waals surface area contributed by atoms with Crippen LogP contribution in [0.1, 0.15) is 24.4 Å². The Labute approximate surface area is 93.7 Å². The van der Waals surface area contributed by atoms with E-state index in [9.17, 15) is 4.39 Å². The van der Waals surface area contributed by atoms with Gasteiger partial charge in [-0.15, -0.1) is 0 Å². The van der Waals surface area contributed by atoms with Gasteiger partial charge in [0.05, 0.1) is 5.69 Å². The van der Waals surface area contributed by atoms with Crippen molar-refractivity contribution in [3.63, 3.8) is 0 Å². The fourth-order valence-electron chi connectivity index (χ4n) is 1.74. The Kier molecular flexibility index (Phi) is 2.75. The van der Waals surface area contributed by atoms with Crippen LogP contribution in [0.3, 0.4) is 0 Å². The van der Waals surface area contributed by atoms with Gasteiger partial charge in [-0.05, 0) is 37.6 Å². The van der Waals surface area contributed by atoms with Gasteiger partial charge in [-0.25, -0.2) is 9.37 Å². The molecule has 0 fully saturated rings. The highest BCUT2D eigenvalue weighted by atomic mass is 19.1. The zero-order chi connectivity index (χ0) is 11.7. The molecule has 2 N–H and O–H groups in total. The number of hydrogen-bond acceptors (Lipinski definition) is 2. The Morgan fingerprint density at radius 2 is 2.19 bits per heavy atom. The normalized spacial score (nSPS) is 12.8. The Bertz CT molecular complexity index is 503. The molecule has 1 atom stereocenters. The second-order valence-electron chi connectivity index (χ2n) is 3.84. The van der Waals surface area contributed by atoms with Crippen LogP contribution in [0.15, 0.2) is 30.6 Å². The van der Waals surface area contributed by atoms with Crippen molar-refractivity contribution in [2.75, 3.05) is 0 Å². The summed E-state index contributed by atoms with van der Waals surface area (Å²) in [6, 6.07) is 4.41. The van der Waals surface area contributed by atoms with E-state index in [1.54, 1.807) is 12.3 Å². The Morgan fingerprint density at radius 3 is 2.75 bits per heavy atom. The highest BCUT2D eigenvalue weighted by Gasteiger charge is 2.11. The Hall–Kier alpha value is -1.68. The second kappa shape index (κ2) is 4.06. The third-order valence-corrected chi connectivity index (χ3v) is 2.57. The van der Waals surface area contributed by atoms with Gasteiger partial charge in [0.15, 0.2) is 0 Å². The first kappa shape index (κ1) is 10.8. The topological polar surface area (TPSA) is 43.8 Å². The number of nitrogens with two attached hydrogens (primary N) is 1. The predicted molar refractivity (Wildman–Crippen MR) is 60.9 cm³/mol. The SMILES string of the molecule is Cc1nccn1-c1ccc(F)cc1C(C)N. The van der Waals surface area contributed by atoms with E-state index in [2.05, 4.69) is 4.98 Å². The molecule has 84 valence electrons. The molecule has 0 spiro atoms. The van der Waals surface area contributed by atoms with Crippen LogP contribution in [0.5, 0.6) is 0 Å². The largest absolute Gasteiger partial charge is 0.324 e. The van der Waals surface area contributed by atoms with E-state index in [0.717, 1.165) is 17.1 Å². The summed E-state index contributed by atoms with van der Waals surface area (Å²) in [6.07, 6.45) is 3.55. The lowest BCUT2D eigenvalue weighted by atomic mass is 10.1. The molecule has 0 bridgehead atoms. The van der Waals surface area contributed by atoms with E-state index in [0.29, 0.717) is 0 Å². The van der Waals surface area contributed by atoms with Crippen LogP contribution in [0.2, 0.25) is 0 Å². The molecule has 1 aromatic heterocycles. The number of aromatic nitrogens is 2. The van der Waals surface area contributed by atoms with Crippen molar-refractivity contribution >= 4 is 0 Å². The van der Waals surface area contributed by atoms with Crippen molar-refractivity contribution in [3.8, 4) is 5.69 Å². The summed E-state index contributed by atoms with van der Waals surface area (Å²) in [5.41, 5.74) is 7.50. The monoisotopic (exact) mass is 219 g/mol. The molecule has 16 heavy (non-hydrogen) atoms. The van der Waals surface area contributed by atoms with Gasteiger partial charge in [0.1, 0.15) is 11.6 Å². The number of rotatable bonds is 2. The van der Waals surface area contributed by atoms with E-state index >= 15 is 0 Å². The number of hydrogen-bond donors (Lipinski definition) is 1. The molecule has 0 saturated carbocycles. The summed E-state index contributed by atoms with van der Waals surface area (Å²) in [6.45, 7) is 3.73. The average Bonchev–Trinajstić information content (AvgIpc) is 2.64. The predicted octanol–water partition coefficient (Wildman–Crippen LogP) is 2.34. The molecule has 1 heterocycles. The van der Waals surface area contributed by atoms with E-state index in [-0.39, 0.29) is 11.9 Å². The molecule has 0 radical (unpaired) electrons. The van der Waals surface area contributed by atoms with Crippen LogP contribution in [-0.4, -0.2) is 9.55 Å². The molecule has 1 unspecified atom stereocenters. The maximum Gasteiger partial charge on any atom is 0.123 e. The zero-order valence-electron chi connectivity index (χ0n) is 9.31. The summed E-state index contributed by atoms with van der Waals surface area (Å²) in [5, 5.41) is 0. The first-order valence-corrected chi connectivity index (χ1v) is 5.15. The minimum Gasteiger partial charge on any atom is -0.324 e. The molecule has 1 aromatic carbocycles. The van der Waals surface area contributed by atoms with Gasteiger partial charge in [0.25, 0.3) is 0 Å². The van der Waals surface area contributed by atoms with Crippen LogP contribution in [0.4, 0.5) is 4.39 Å². The molecule has 0 aliphatic carbocycles. The Morgan fingerprint density at radius 1 is 1.44 bits per heavy atom. The van der Waals surface area contributed by atoms with Gasteiger partial charge in [-0.3, -0.25) is 0 Å². The minimum atomic E-state index is -0.270. The maximum atomic E-state index is 13.2. The zero-order valence-corrected chi connectivity index (χ0v) is 9.31.